The summed E-state index contributed by atoms with van der Waals surface area (Å²) in [6.07, 6.45) is 1.33. The molecule has 1 aromatic heterocycles. The monoisotopic (exact) mass is 305 g/mol. The van der Waals surface area contributed by atoms with Crippen molar-refractivity contribution in [3.8, 4) is 12.1 Å². The van der Waals surface area contributed by atoms with E-state index in [1.807, 2.05) is 0 Å². The van der Waals surface area contributed by atoms with Gasteiger partial charge in [-0.15, -0.1) is 0 Å². The van der Waals surface area contributed by atoms with Crippen LogP contribution in [0.2, 0.25) is 0 Å². The van der Waals surface area contributed by atoms with Crippen molar-refractivity contribution in [1.82, 2.24) is 9.78 Å². The van der Waals surface area contributed by atoms with Crippen LogP contribution in [-0.4, -0.2) is 18.2 Å². The van der Waals surface area contributed by atoms with Gasteiger partial charge in [0.15, 0.2) is 5.82 Å². The van der Waals surface area contributed by atoms with Gasteiger partial charge in [-0.05, 0) is 12.1 Å². The molecule has 0 atom stereocenters. The smallest absolute Gasteiger partial charge is 0.264 e. The number of rotatable bonds is 3. The lowest BCUT2D eigenvalue weighted by Crippen LogP contribution is -2.16. The normalized spacial score (nSPS) is 10.7. The van der Waals surface area contributed by atoms with Crippen LogP contribution in [0, 0.1) is 28.5 Å². The molecule has 0 spiro atoms. The van der Waals surface area contributed by atoms with Gasteiger partial charge in [-0.1, -0.05) is 6.07 Å². The van der Waals surface area contributed by atoms with E-state index >= 15 is 0 Å². The first-order valence-corrected chi connectivity index (χ1v) is 7.02. The molecule has 9 heteroatoms. The second-order valence-electron chi connectivity index (χ2n) is 4.01. The third-order valence-electron chi connectivity index (χ3n) is 2.56. The van der Waals surface area contributed by atoms with Gasteiger partial charge in [0, 0.05) is 13.2 Å². The van der Waals surface area contributed by atoms with Gasteiger partial charge in [-0.2, -0.15) is 15.6 Å². The number of aryl methyl sites for hydroxylation is 1. The van der Waals surface area contributed by atoms with Gasteiger partial charge in [0.1, 0.15) is 34.0 Å². The number of halogens is 1. The molecule has 0 saturated carbocycles. The van der Waals surface area contributed by atoms with E-state index in [-0.39, 0.29) is 11.4 Å². The average molecular weight is 305 g/mol. The molecule has 0 saturated heterocycles. The molecular formula is C12H8FN5O2S. The minimum atomic E-state index is -4.24. The van der Waals surface area contributed by atoms with Crippen LogP contribution in [0.5, 0.6) is 0 Å². The van der Waals surface area contributed by atoms with Crippen LogP contribution in [0.3, 0.4) is 0 Å². The Morgan fingerprint density at radius 3 is 2.67 bits per heavy atom. The van der Waals surface area contributed by atoms with E-state index in [0.29, 0.717) is 0 Å². The Labute approximate surface area is 119 Å². The zero-order chi connectivity index (χ0) is 15.6. The summed E-state index contributed by atoms with van der Waals surface area (Å²) >= 11 is 0. The van der Waals surface area contributed by atoms with Crippen LogP contribution in [0.25, 0.3) is 0 Å². The van der Waals surface area contributed by atoms with E-state index in [2.05, 4.69) is 9.82 Å². The third-order valence-corrected chi connectivity index (χ3v) is 3.94. The highest BCUT2D eigenvalue weighted by Gasteiger charge is 2.23. The summed E-state index contributed by atoms with van der Waals surface area (Å²) in [5.41, 5.74) is -0.588. The van der Waals surface area contributed by atoms with Crippen LogP contribution in [0.4, 0.5) is 10.2 Å². The molecule has 106 valence electrons. The van der Waals surface area contributed by atoms with Crippen LogP contribution >= 0.6 is 0 Å². The zero-order valence-electron chi connectivity index (χ0n) is 10.7. The highest BCUT2D eigenvalue weighted by Crippen LogP contribution is 2.22. The lowest BCUT2D eigenvalue weighted by Gasteiger charge is -2.07. The maximum absolute atomic E-state index is 13.5. The fourth-order valence-corrected chi connectivity index (χ4v) is 2.85. The van der Waals surface area contributed by atoms with Crippen LogP contribution < -0.4 is 4.72 Å². The van der Waals surface area contributed by atoms with E-state index < -0.39 is 26.3 Å². The van der Waals surface area contributed by atoms with Crippen LogP contribution in [0.15, 0.2) is 29.3 Å². The number of nitrogens with one attached hydrogen (secondary N) is 1. The second kappa shape index (κ2) is 5.23. The summed E-state index contributed by atoms with van der Waals surface area (Å²) in [6, 6.07) is 6.54. The number of aromatic nitrogens is 2. The fraction of sp³-hybridized carbons (Fsp3) is 0.0833. The molecule has 0 aliphatic heterocycles. The number of anilines is 1. The van der Waals surface area contributed by atoms with Gasteiger partial charge in [0.05, 0.1) is 0 Å². The Bertz CT molecular complexity index is 889. The minimum absolute atomic E-state index is 0.0102. The van der Waals surface area contributed by atoms with Crippen molar-refractivity contribution < 1.29 is 12.8 Å². The second-order valence-corrected chi connectivity index (χ2v) is 5.66. The summed E-state index contributed by atoms with van der Waals surface area (Å²) in [5, 5.41) is 21.6. The maximum Gasteiger partial charge on any atom is 0.264 e. The number of nitriles is 2. The van der Waals surface area contributed by atoms with E-state index in [4.69, 9.17) is 10.5 Å². The number of sulfonamides is 1. The van der Waals surface area contributed by atoms with Crippen LogP contribution in [-0.2, 0) is 17.1 Å². The molecule has 0 aliphatic carbocycles. The molecule has 0 bridgehead atoms. The third kappa shape index (κ3) is 2.68. The predicted molar refractivity (Wildman–Crippen MR) is 69.8 cm³/mol. The summed E-state index contributed by atoms with van der Waals surface area (Å²) in [6.45, 7) is 0. The Kier molecular flexibility index (Phi) is 3.61. The maximum atomic E-state index is 13.5. The quantitative estimate of drug-likeness (QED) is 0.912. The van der Waals surface area contributed by atoms with Gasteiger partial charge in [-0.25, -0.2) is 12.8 Å². The highest BCUT2D eigenvalue weighted by molar-refractivity contribution is 7.92. The van der Waals surface area contributed by atoms with E-state index in [9.17, 15) is 12.8 Å². The molecule has 0 radical (unpaired) electrons. The van der Waals surface area contributed by atoms with Gasteiger partial charge in [0.2, 0.25) is 0 Å². The number of hydrogen-bond donors (Lipinski definition) is 1. The first-order chi connectivity index (χ1) is 9.89. The number of nitrogens with zero attached hydrogens (tertiary/aromatic N) is 4. The van der Waals surface area contributed by atoms with Gasteiger partial charge in [0.25, 0.3) is 10.0 Å². The lowest BCUT2D eigenvalue weighted by molar-refractivity contribution is 0.593. The molecule has 0 amide bonds. The Morgan fingerprint density at radius 2 is 2.05 bits per heavy atom. The number of hydrogen-bond acceptors (Lipinski definition) is 5. The van der Waals surface area contributed by atoms with Crippen molar-refractivity contribution in [3.05, 3.63) is 41.3 Å². The SMILES string of the molecule is Cn1cc(C#N)c(NS(=O)(=O)c2cccc(F)c2C#N)n1. The van der Waals surface area contributed by atoms with Crippen molar-refractivity contribution in [2.45, 2.75) is 4.90 Å². The highest BCUT2D eigenvalue weighted by atomic mass is 32.2. The van der Waals surface area contributed by atoms with Gasteiger partial charge in [-0.3, -0.25) is 9.40 Å². The average Bonchev–Trinajstić information content (AvgIpc) is 2.77. The first kappa shape index (κ1) is 14.5. The minimum Gasteiger partial charge on any atom is -0.272 e. The number of benzene rings is 1. The topological polar surface area (TPSA) is 112 Å². The van der Waals surface area contributed by atoms with Crippen molar-refractivity contribution >= 4 is 15.8 Å². The first-order valence-electron chi connectivity index (χ1n) is 5.54. The molecule has 0 unspecified atom stereocenters. The van der Waals surface area contributed by atoms with E-state index in [0.717, 1.165) is 12.1 Å². The standard InChI is InChI=1S/C12H8FN5O2S/c1-18-7-8(5-14)12(16-18)17-21(19,20)11-4-2-3-10(13)9(11)6-15/h2-4,7H,1H3,(H,16,17). The summed E-state index contributed by atoms with van der Waals surface area (Å²) in [4.78, 5) is -0.514. The van der Waals surface area contributed by atoms with E-state index in [1.165, 1.54) is 30.1 Å². The zero-order valence-corrected chi connectivity index (χ0v) is 11.5. The molecule has 2 rings (SSSR count). The Morgan fingerprint density at radius 1 is 1.33 bits per heavy atom. The molecule has 1 N–H and O–H groups in total. The van der Waals surface area contributed by atoms with Crippen LogP contribution in [0.1, 0.15) is 11.1 Å². The van der Waals surface area contributed by atoms with E-state index in [1.54, 1.807) is 6.07 Å². The molecular weight excluding hydrogens is 297 g/mol. The molecule has 7 nitrogen and oxygen atoms in total. The fourth-order valence-electron chi connectivity index (χ4n) is 1.66. The van der Waals surface area contributed by atoms with Gasteiger partial charge >= 0.3 is 0 Å². The van der Waals surface area contributed by atoms with Crippen molar-refractivity contribution in [1.29, 1.82) is 10.5 Å². The predicted octanol–water partition coefficient (Wildman–Crippen LogP) is 1.10. The van der Waals surface area contributed by atoms with Crippen molar-refractivity contribution in [3.63, 3.8) is 0 Å². The molecule has 0 fully saturated rings. The van der Waals surface area contributed by atoms with Crippen molar-refractivity contribution in [2.75, 3.05) is 4.72 Å². The Balaban J connectivity index is 2.52. The summed E-state index contributed by atoms with van der Waals surface area (Å²) in [7, 11) is -2.72. The van der Waals surface area contributed by atoms with Gasteiger partial charge < -0.3 is 0 Å². The Hall–Kier alpha value is -2.91. The largest absolute Gasteiger partial charge is 0.272 e. The van der Waals surface area contributed by atoms with Crippen molar-refractivity contribution in [2.24, 2.45) is 7.05 Å². The molecule has 1 heterocycles. The lowest BCUT2D eigenvalue weighted by atomic mass is 10.2. The molecule has 21 heavy (non-hydrogen) atoms. The summed E-state index contributed by atoms with van der Waals surface area (Å²) in [5.74, 6) is -1.13. The summed E-state index contributed by atoms with van der Waals surface area (Å²) < 4.78 is 41.3. The molecule has 2 aromatic rings. The molecule has 1 aromatic carbocycles. The molecule has 0 aliphatic rings.